The Bertz CT molecular complexity index is 942. The molecule has 0 fully saturated rings. The maximum Gasteiger partial charge on any atom is 0.419 e. The molecule has 124 valence electrons. The van der Waals surface area contributed by atoms with Crippen LogP contribution in [0.25, 0.3) is 11.1 Å². The molecule has 0 spiro atoms. The Balaban J connectivity index is 1.60. The smallest absolute Gasteiger partial charge is 0.419 e. The molecule has 5 nitrogen and oxygen atoms in total. The zero-order chi connectivity index (χ0) is 17.1. The van der Waals surface area contributed by atoms with E-state index < -0.39 is 5.76 Å². The van der Waals surface area contributed by atoms with Crippen LogP contribution >= 0.6 is 11.6 Å². The molecular weight excluding hydrogens is 330 g/mol. The molecule has 6 heteroatoms. The number of carbonyl (C=O) groups is 1. The number of aryl methyl sites for hydroxylation is 2. The minimum absolute atomic E-state index is 0.202. The summed E-state index contributed by atoms with van der Waals surface area (Å²) >= 11 is 5.87. The van der Waals surface area contributed by atoms with Crippen molar-refractivity contribution < 1.29 is 13.9 Å². The van der Waals surface area contributed by atoms with Gasteiger partial charge in [0.1, 0.15) is 5.75 Å². The normalized spacial score (nSPS) is 10.9. The van der Waals surface area contributed by atoms with Gasteiger partial charge in [-0.15, -0.1) is 0 Å². The third-order valence-corrected chi connectivity index (χ3v) is 3.93. The van der Waals surface area contributed by atoms with E-state index in [4.69, 9.17) is 20.8 Å². The maximum absolute atomic E-state index is 12.0. The molecule has 0 saturated carbocycles. The highest BCUT2D eigenvalue weighted by Gasteiger charge is 2.11. The molecular formula is C18H16ClNO4. The van der Waals surface area contributed by atoms with Crippen LogP contribution in [0.15, 0.2) is 51.7 Å². The van der Waals surface area contributed by atoms with E-state index in [2.05, 4.69) is 0 Å². The number of hydrogen-bond donors (Lipinski definition) is 0. The molecule has 0 atom stereocenters. The molecule has 3 rings (SSSR count). The lowest BCUT2D eigenvalue weighted by Gasteiger charge is -2.07. The molecule has 1 heterocycles. The standard InChI is InChI=1S/C18H16ClNO4/c1-12-11-13(19)8-9-15(12)23-17(21)7-4-10-20-14-5-2-3-6-16(14)24-18(20)22/h2-3,5-6,8-9,11H,4,7,10H2,1H3. The molecule has 0 bridgehead atoms. The molecule has 0 aliphatic heterocycles. The quantitative estimate of drug-likeness (QED) is 0.519. The minimum atomic E-state index is -0.418. The average Bonchev–Trinajstić information content (AvgIpc) is 2.86. The fourth-order valence-electron chi connectivity index (χ4n) is 2.51. The van der Waals surface area contributed by atoms with Gasteiger partial charge in [-0.2, -0.15) is 0 Å². The molecule has 0 saturated heterocycles. The van der Waals surface area contributed by atoms with Crippen LogP contribution in [0, 0.1) is 6.92 Å². The Kier molecular flexibility index (Phi) is 4.71. The summed E-state index contributed by atoms with van der Waals surface area (Å²) < 4.78 is 12.0. The van der Waals surface area contributed by atoms with Gasteiger partial charge < -0.3 is 9.15 Å². The number of esters is 1. The lowest BCUT2D eigenvalue weighted by Crippen LogP contribution is -2.16. The van der Waals surface area contributed by atoms with Crippen LogP contribution in [0.2, 0.25) is 5.02 Å². The van der Waals surface area contributed by atoms with Gasteiger partial charge in [0.05, 0.1) is 5.52 Å². The summed E-state index contributed by atoms with van der Waals surface area (Å²) in [6.07, 6.45) is 0.683. The third-order valence-electron chi connectivity index (χ3n) is 3.70. The number of ether oxygens (including phenoxy) is 1. The van der Waals surface area contributed by atoms with Crippen molar-refractivity contribution in [3.05, 3.63) is 63.6 Å². The van der Waals surface area contributed by atoms with Gasteiger partial charge in [-0.25, -0.2) is 4.79 Å². The average molecular weight is 346 g/mol. The second-order valence-electron chi connectivity index (χ2n) is 5.47. The number of oxazole rings is 1. The van der Waals surface area contributed by atoms with Crippen molar-refractivity contribution in [1.29, 1.82) is 0 Å². The molecule has 0 amide bonds. The lowest BCUT2D eigenvalue weighted by molar-refractivity contribution is -0.134. The summed E-state index contributed by atoms with van der Waals surface area (Å²) in [5.41, 5.74) is 2.07. The van der Waals surface area contributed by atoms with Crippen LogP contribution in [-0.4, -0.2) is 10.5 Å². The molecule has 0 radical (unpaired) electrons. The van der Waals surface area contributed by atoms with Crippen LogP contribution in [0.3, 0.4) is 0 Å². The van der Waals surface area contributed by atoms with Crippen molar-refractivity contribution >= 4 is 28.7 Å². The number of benzene rings is 2. The number of nitrogens with zero attached hydrogens (tertiary/aromatic N) is 1. The molecule has 3 aromatic rings. The van der Waals surface area contributed by atoms with Crippen molar-refractivity contribution in [3.63, 3.8) is 0 Å². The SMILES string of the molecule is Cc1cc(Cl)ccc1OC(=O)CCCn1c(=O)oc2ccccc21. The first-order chi connectivity index (χ1) is 11.5. The van der Waals surface area contributed by atoms with Gasteiger partial charge in [-0.3, -0.25) is 9.36 Å². The summed E-state index contributed by atoms with van der Waals surface area (Å²) in [4.78, 5) is 23.8. The first-order valence-electron chi connectivity index (χ1n) is 7.60. The zero-order valence-electron chi connectivity index (χ0n) is 13.1. The Morgan fingerprint density at radius 3 is 2.83 bits per heavy atom. The van der Waals surface area contributed by atoms with Crippen molar-refractivity contribution in [1.82, 2.24) is 4.57 Å². The Hall–Kier alpha value is -2.53. The Labute approximate surface area is 143 Å². The summed E-state index contributed by atoms with van der Waals surface area (Å²) in [5, 5.41) is 0.596. The number of halogens is 1. The lowest BCUT2D eigenvalue weighted by atomic mass is 10.2. The number of para-hydroxylation sites is 2. The maximum atomic E-state index is 12.0. The molecule has 0 N–H and O–H groups in total. The number of aromatic nitrogens is 1. The van der Waals surface area contributed by atoms with Gasteiger partial charge in [-0.05, 0) is 49.2 Å². The molecule has 1 aromatic heterocycles. The summed E-state index contributed by atoms with van der Waals surface area (Å²) in [6, 6.07) is 12.3. The summed E-state index contributed by atoms with van der Waals surface area (Å²) in [5.74, 6) is -0.269. The topological polar surface area (TPSA) is 61.4 Å². The second kappa shape index (κ2) is 6.93. The first-order valence-corrected chi connectivity index (χ1v) is 7.97. The van der Waals surface area contributed by atoms with Crippen molar-refractivity contribution in [3.8, 4) is 5.75 Å². The third kappa shape index (κ3) is 3.51. The molecule has 0 aliphatic carbocycles. The molecule has 2 aromatic carbocycles. The highest BCUT2D eigenvalue weighted by Crippen LogP contribution is 2.22. The van der Waals surface area contributed by atoms with Gasteiger partial charge in [0.25, 0.3) is 0 Å². The van der Waals surface area contributed by atoms with Gasteiger partial charge in [0.2, 0.25) is 0 Å². The van der Waals surface area contributed by atoms with Crippen LogP contribution in [0.4, 0.5) is 0 Å². The van der Waals surface area contributed by atoms with Gasteiger partial charge in [-0.1, -0.05) is 23.7 Å². The number of hydrogen-bond acceptors (Lipinski definition) is 4. The summed E-state index contributed by atoms with van der Waals surface area (Å²) in [7, 11) is 0. The Morgan fingerprint density at radius 1 is 1.25 bits per heavy atom. The van der Waals surface area contributed by atoms with E-state index in [0.29, 0.717) is 29.3 Å². The highest BCUT2D eigenvalue weighted by atomic mass is 35.5. The van der Waals surface area contributed by atoms with Crippen LogP contribution in [0.5, 0.6) is 5.75 Å². The second-order valence-corrected chi connectivity index (χ2v) is 5.91. The van der Waals surface area contributed by atoms with Gasteiger partial charge >= 0.3 is 11.7 Å². The van der Waals surface area contributed by atoms with E-state index in [1.54, 1.807) is 30.3 Å². The van der Waals surface area contributed by atoms with Gasteiger partial charge in [0.15, 0.2) is 5.58 Å². The van der Waals surface area contributed by atoms with Crippen molar-refractivity contribution in [2.45, 2.75) is 26.3 Å². The summed E-state index contributed by atoms with van der Waals surface area (Å²) in [6.45, 7) is 2.22. The monoisotopic (exact) mass is 345 g/mol. The molecule has 24 heavy (non-hydrogen) atoms. The van der Waals surface area contributed by atoms with Crippen molar-refractivity contribution in [2.75, 3.05) is 0 Å². The van der Waals surface area contributed by atoms with Crippen LogP contribution < -0.4 is 10.5 Å². The van der Waals surface area contributed by atoms with E-state index in [0.717, 1.165) is 11.1 Å². The highest BCUT2D eigenvalue weighted by molar-refractivity contribution is 6.30. The predicted molar refractivity (Wildman–Crippen MR) is 91.5 cm³/mol. The zero-order valence-corrected chi connectivity index (χ0v) is 13.9. The van der Waals surface area contributed by atoms with Crippen LogP contribution in [-0.2, 0) is 11.3 Å². The molecule has 0 unspecified atom stereocenters. The number of carbonyl (C=O) groups excluding carboxylic acids is 1. The number of fused-ring (bicyclic) bond motifs is 1. The van der Waals surface area contributed by atoms with E-state index in [1.807, 2.05) is 19.1 Å². The first kappa shape index (κ1) is 16.3. The van der Waals surface area contributed by atoms with Crippen LogP contribution in [0.1, 0.15) is 18.4 Å². The van der Waals surface area contributed by atoms with Crippen molar-refractivity contribution in [2.24, 2.45) is 0 Å². The Morgan fingerprint density at radius 2 is 2.04 bits per heavy atom. The van der Waals surface area contributed by atoms with E-state index in [1.165, 1.54) is 4.57 Å². The van der Waals surface area contributed by atoms with E-state index in [-0.39, 0.29) is 12.4 Å². The minimum Gasteiger partial charge on any atom is -0.426 e. The van der Waals surface area contributed by atoms with E-state index in [9.17, 15) is 9.59 Å². The fraction of sp³-hybridized carbons (Fsp3) is 0.222. The molecule has 0 aliphatic rings. The number of rotatable bonds is 5. The van der Waals surface area contributed by atoms with Gasteiger partial charge in [0, 0.05) is 18.0 Å². The fourth-order valence-corrected chi connectivity index (χ4v) is 2.73. The predicted octanol–water partition coefficient (Wildman–Crippen LogP) is 3.94. The van der Waals surface area contributed by atoms with E-state index >= 15 is 0 Å². The largest absolute Gasteiger partial charge is 0.426 e.